The topological polar surface area (TPSA) is 40.5 Å². The third-order valence-corrected chi connectivity index (χ3v) is 4.69. The zero-order valence-corrected chi connectivity index (χ0v) is 12.1. The first-order chi connectivity index (χ1) is 9.61. The maximum absolute atomic E-state index is 12.5. The van der Waals surface area contributed by atoms with E-state index in [9.17, 15) is 9.90 Å². The van der Waals surface area contributed by atoms with Crippen molar-refractivity contribution in [1.82, 2.24) is 4.90 Å². The van der Waals surface area contributed by atoms with Crippen molar-refractivity contribution in [2.24, 2.45) is 5.92 Å². The molecule has 1 aliphatic heterocycles. The van der Waals surface area contributed by atoms with E-state index in [4.69, 9.17) is 0 Å². The normalized spacial score (nSPS) is 23.9. The lowest BCUT2D eigenvalue weighted by Crippen LogP contribution is -2.64. The third-order valence-electron chi connectivity index (χ3n) is 4.69. The molecule has 2 aliphatic rings. The minimum atomic E-state index is -0.614. The van der Waals surface area contributed by atoms with Gasteiger partial charge in [0.15, 0.2) is 0 Å². The minimum Gasteiger partial charge on any atom is -0.386 e. The van der Waals surface area contributed by atoms with Crippen molar-refractivity contribution in [1.29, 1.82) is 0 Å². The fraction of sp³-hybridized carbons (Fsp3) is 0.588. The number of β-amino-alcohol motifs (C(OH)–C–C–N with tert-alkyl or cyclic N) is 1. The van der Waals surface area contributed by atoms with Crippen LogP contribution in [0.5, 0.6) is 0 Å². The van der Waals surface area contributed by atoms with E-state index in [2.05, 4.69) is 31.2 Å². The number of rotatable bonds is 3. The van der Waals surface area contributed by atoms with Gasteiger partial charge < -0.3 is 10.0 Å². The summed E-state index contributed by atoms with van der Waals surface area (Å²) in [6.07, 6.45) is 4.57. The Labute approximate surface area is 120 Å². The Morgan fingerprint density at radius 1 is 1.35 bits per heavy atom. The molecular formula is C17H23NO2. The van der Waals surface area contributed by atoms with Crippen LogP contribution in [-0.4, -0.2) is 34.6 Å². The Kier molecular flexibility index (Phi) is 3.55. The van der Waals surface area contributed by atoms with Gasteiger partial charge >= 0.3 is 0 Å². The Morgan fingerprint density at radius 3 is 2.75 bits per heavy atom. The average Bonchev–Trinajstić information content (AvgIpc) is 2.43. The molecule has 0 spiro atoms. The highest BCUT2D eigenvalue weighted by molar-refractivity contribution is 5.80. The van der Waals surface area contributed by atoms with Crippen LogP contribution in [0, 0.1) is 5.92 Å². The molecule has 0 aromatic heterocycles. The van der Waals surface area contributed by atoms with E-state index in [-0.39, 0.29) is 11.8 Å². The van der Waals surface area contributed by atoms with Crippen LogP contribution < -0.4 is 0 Å². The monoisotopic (exact) mass is 273 g/mol. The van der Waals surface area contributed by atoms with Crippen LogP contribution >= 0.6 is 0 Å². The van der Waals surface area contributed by atoms with Crippen molar-refractivity contribution in [2.45, 2.75) is 44.6 Å². The SMILES string of the molecule is CCCC1(O)CN(C(=O)C2CCc3ccccc3C2)C1. The van der Waals surface area contributed by atoms with Crippen molar-refractivity contribution in [2.75, 3.05) is 13.1 Å². The largest absolute Gasteiger partial charge is 0.386 e. The van der Waals surface area contributed by atoms with E-state index in [0.29, 0.717) is 13.1 Å². The van der Waals surface area contributed by atoms with E-state index in [0.717, 1.165) is 32.1 Å². The van der Waals surface area contributed by atoms with Gasteiger partial charge in [0.2, 0.25) is 5.91 Å². The fourth-order valence-electron chi connectivity index (χ4n) is 3.61. The van der Waals surface area contributed by atoms with Crippen molar-refractivity contribution >= 4 is 5.91 Å². The van der Waals surface area contributed by atoms with Gasteiger partial charge in [0.05, 0.1) is 18.7 Å². The summed E-state index contributed by atoms with van der Waals surface area (Å²) in [6.45, 7) is 3.12. The van der Waals surface area contributed by atoms with Gasteiger partial charge in [0.25, 0.3) is 0 Å². The van der Waals surface area contributed by atoms with Gasteiger partial charge in [0, 0.05) is 5.92 Å². The molecule has 1 amide bonds. The second-order valence-corrected chi connectivity index (χ2v) is 6.38. The number of nitrogens with zero attached hydrogens (tertiary/aromatic N) is 1. The van der Waals surface area contributed by atoms with Gasteiger partial charge in [-0.05, 0) is 36.8 Å². The molecule has 1 heterocycles. The summed E-state index contributed by atoms with van der Waals surface area (Å²) in [5, 5.41) is 10.2. The summed E-state index contributed by atoms with van der Waals surface area (Å²) in [5.41, 5.74) is 2.10. The van der Waals surface area contributed by atoms with Crippen LogP contribution in [0.25, 0.3) is 0 Å². The first kappa shape index (κ1) is 13.6. The summed E-state index contributed by atoms with van der Waals surface area (Å²) < 4.78 is 0. The van der Waals surface area contributed by atoms with Gasteiger partial charge in [-0.3, -0.25) is 4.79 Å². The average molecular weight is 273 g/mol. The Balaban J connectivity index is 1.61. The van der Waals surface area contributed by atoms with E-state index >= 15 is 0 Å². The second kappa shape index (κ2) is 5.21. The standard InChI is InChI=1S/C17H23NO2/c1-2-9-17(20)11-18(12-17)16(19)15-8-7-13-5-3-4-6-14(13)10-15/h3-6,15,20H,2,7-12H2,1H3. The number of hydrogen-bond acceptors (Lipinski definition) is 2. The molecule has 3 nitrogen and oxygen atoms in total. The van der Waals surface area contributed by atoms with Gasteiger partial charge in [-0.15, -0.1) is 0 Å². The summed E-state index contributed by atoms with van der Waals surface area (Å²) in [5.74, 6) is 0.344. The quantitative estimate of drug-likeness (QED) is 0.917. The molecule has 1 aromatic rings. The Hall–Kier alpha value is -1.35. The van der Waals surface area contributed by atoms with Crippen LogP contribution in [0.1, 0.15) is 37.3 Å². The van der Waals surface area contributed by atoms with Crippen LogP contribution in [0.2, 0.25) is 0 Å². The molecule has 108 valence electrons. The zero-order valence-electron chi connectivity index (χ0n) is 12.1. The van der Waals surface area contributed by atoms with Gasteiger partial charge in [-0.2, -0.15) is 0 Å². The molecule has 1 fully saturated rings. The van der Waals surface area contributed by atoms with Crippen molar-refractivity contribution in [3.05, 3.63) is 35.4 Å². The first-order valence-electron chi connectivity index (χ1n) is 7.69. The number of likely N-dealkylation sites (tertiary alicyclic amines) is 1. The highest BCUT2D eigenvalue weighted by Gasteiger charge is 2.44. The third kappa shape index (κ3) is 2.47. The highest BCUT2D eigenvalue weighted by Crippen LogP contribution is 2.31. The lowest BCUT2D eigenvalue weighted by molar-refractivity contribution is -0.161. The maximum Gasteiger partial charge on any atom is 0.226 e. The molecule has 1 unspecified atom stereocenters. The minimum absolute atomic E-state index is 0.107. The number of hydrogen-bond donors (Lipinski definition) is 1. The number of carbonyl (C=O) groups is 1. The molecule has 20 heavy (non-hydrogen) atoms. The van der Waals surface area contributed by atoms with Crippen molar-refractivity contribution in [3.8, 4) is 0 Å². The first-order valence-corrected chi connectivity index (χ1v) is 7.69. The maximum atomic E-state index is 12.5. The summed E-state index contributed by atoms with van der Waals surface area (Å²) in [4.78, 5) is 14.3. The lowest BCUT2D eigenvalue weighted by Gasteiger charge is -2.48. The van der Waals surface area contributed by atoms with E-state index < -0.39 is 5.60 Å². The molecule has 0 radical (unpaired) electrons. The van der Waals surface area contributed by atoms with Crippen LogP contribution in [-0.2, 0) is 17.6 Å². The molecule has 3 rings (SSSR count). The van der Waals surface area contributed by atoms with Gasteiger partial charge in [0.1, 0.15) is 0 Å². The molecule has 1 atom stereocenters. The van der Waals surface area contributed by atoms with E-state index in [1.807, 2.05) is 4.90 Å². The molecule has 0 saturated carbocycles. The Bertz CT molecular complexity index is 505. The van der Waals surface area contributed by atoms with E-state index in [1.54, 1.807) is 0 Å². The van der Waals surface area contributed by atoms with Gasteiger partial charge in [-0.1, -0.05) is 37.6 Å². The Morgan fingerprint density at radius 2 is 2.05 bits per heavy atom. The smallest absolute Gasteiger partial charge is 0.226 e. The second-order valence-electron chi connectivity index (χ2n) is 6.38. The molecular weight excluding hydrogens is 250 g/mol. The fourth-order valence-corrected chi connectivity index (χ4v) is 3.61. The van der Waals surface area contributed by atoms with Crippen molar-refractivity contribution in [3.63, 3.8) is 0 Å². The highest BCUT2D eigenvalue weighted by atomic mass is 16.3. The number of fused-ring (bicyclic) bond motifs is 1. The predicted molar refractivity (Wildman–Crippen MR) is 78.4 cm³/mol. The van der Waals surface area contributed by atoms with E-state index in [1.165, 1.54) is 11.1 Å². The number of aliphatic hydroxyl groups is 1. The number of aryl methyl sites for hydroxylation is 1. The van der Waals surface area contributed by atoms with Gasteiger partial charge in [-0.25, -0.2) is 0 Å². The van der Waals surface area contributed by atoms with Crippen LogP contribution in [0.15, 0.2) is 24.3 Å². The summed E-state index contributed by atoms with van der Waals surface area (Å²) >= 11 is 0. The molecule has 1 aromatic carbocycles. The summed E-state index contributed by atoms with van der Waals surface area (Å²) in [6, 6.07) is 8.43. The number of carbonyl (C=O) groups excluding carboxylic acids is 1. The number of amides is 1. The molecule has 1 aliphatic carbocycles. The molecule has 0 bridgehead atoms. The molecule has 3 heteroatoms. The molecule has 1 N–H and O–H groups in total. The van der Waals surface area contributed by atoms with Crippen LogP contribution in [0.3, 0.4) is 0 Å². The molecule has 1 saturated heterocycles. The predicted octanol–water partition coefficient (Wildman–Crippen LogP) is 2.16. The zero-order chi connectivity index (χ0) is 14.2. The van der Waals surface area contributed by atoms with Crippen LogP contribution in [0.4, 0.5) is 0 Å². The van der Waals surface area contributed by atoms with Crippen molar-refractivity contribution < 1.29 is 9.90 Å². The lowest BCUT2D eigenvalue weighted by atomic mass is 9.81. The number of benzene rings is 1. The summed E-state index contributed by atoms with van der Waals surface area (Å²) in [7, 11) is 0.